The first-order valence-electron chi connectivity index (χ1n) is 6.04. The molecule has 5 heteroatoms. The van der Waals surface area contributed by atoms with Crippen LogP contribution in [0.5, 0.6) is 0 Å². The van der Waals surface area contributed by atoms with Crippen molar-refractivity contribution >= 4 is 17.8 Å². The molecule has 1 aliphatic heterocycles. The minimum Gasteiger partial charge on any atom is -0.277 e. The van der Waals surface area contributed by atoms with E-state index >= 15 is 0 Å². The minimum absolute atomic E-state index is 0.102. The lowest BCUT2D eigenvalue weighted by molar-refractivity contribution is -0.144. The predicted octanol–water partition coefficient (Wildman–Crippen LogP) is 1.38. The van der Waals surface area contributed by atoms with E-state index in [1.54, 1.807) is 13.8 Å². The highest BCUT2D eigenvalue weighted by molar-refractivity contribution is 6.16. The van der Waals surface area contributed by atoms with Crippen LogP contribution >= 0.6 is 0 Å². The average Bonchev–Trinajstić information content (AvgIpc) is 2.22. The molecule has 1 saturated heterocycles. The summed E-state index contributed by atoms with van der Waals surface area (Å²) in [5.74, 6) is -1.44. The molecule has 4 amide bonds. The van der Waals surface area contributed by atoms with E-state index in [0.29, 0.717) is 6.54 Å². The fourth-order valence-corrected chi connectivity index (χ4v) is 1.83. The monoisotopic (exact) mass is 240 g/mol. The lowest BCUT2D eigenvalue weighted by Gasteiger charge is -2.33. The van der Waals surface area contributed by atoms with Gasteiger partial charge in [-0.05, 0) is 11.8 Å². The molecule has 0 bridgehead atoms. The van der Waals surface area contributed by atoms with Gasteiger partial charge in [-0.1, -0.05) is 34.1 Å². The van der Waals surface area contributed by atoms with Crippen molar-refractivity contribution in [3.63, 3.8) is 0 Å². The fourth-order valence-electron chi connectivity index (χ4n) is 1.83. The Bertz CT molecular complexity index is 339. The Labute approximate surface area is 102 Å². The summed E-state index contributed by atoms with van der Waals surface area (Å²) in [6.07, 6.45) is 0.886. The Kier molecular flexibility index (Phi) is 4.26. The Morgan fingerprint density at radius 1 is 1.24 bits per heavy atom. The molecule has 1 rings (SSSR count). The molecule has 5 nitrogen and oxygen atoms in total. The molecule has 1 heterocycles. The van der Waals surface area contributed by atoms with Crippen molar-refractivity contribution in [3.8, 4) is 0 Å². The first-order chi connectivity index (χ1) is 7.88. The molecule has 1 N–H and O–H groups in total. The highest BCUT2D eigenvalue weighted by Gasteiger charge is 2.42. The van der Waals surface area contributed by atoms with Crippen LogP contribution in [0.2, 0.25) is 0 Å². The van der Waals surface area contributed by atoms with Gasteiger partial charge in [0.05, 0.1) is 0 Å². The van der Waals surface area contributed by atoms with Crippen molar-refractivity contribution in [1.82, 2.24) is 10.2 Å². The third-order valence-corrected chi connectivity index (χ3v) is 3.15. The van der Waals surface area contributed by atoms with Gasteiger partial charge in [0.2, 0.25) is 11.8 Å². The first-order valence-corrected chi connectivity index (χ1v) is 6.04. The van der Waals surface area contributed by atoms with E-state index in [4.69, 9.17) is 0 Å². The summed E-state index contributed by atoms with van der Waals surface area (Å²) in [6.45, 7) is 7.96. The Hall–Kier alpha value is -1.39. The number of rotatable bonds is 4. The molecule has 1 fully saturated rings. The van der Waals surface area contributed by atoms with E-state index in [-0.39, 0.29) is 17.7 Å². The molecule has 0 spiro atoms. The van der Waals surface area contributed by atoms with Crippen molar-refractivity contribution in [1.29, 1.82) is 0 Å². The number of carbonyl (C=O) groups is 3. The Morgan fingerprint density at radius 2 is 1.82 bits per heavy atom. The van der Waals surface area contributed by atoms with Crippen molar-refractivity contribution in [2.75, 3.05) is 6.54 Å². The van der Waals surface area contributed by atoms with E-state index in [9.17, 15) is 14.4 Å². The molecule has 0 aliphatic carbocycles. The van der Waals surface area contributed by atoms with Crippen LogP contribution in [0.15, 0.2) is 0 Å². The largest absolute Gasteiger partial charge is 0.330 e. The van der Waals surface area contributed by atoms with Crippen LogP contribution < -0.4 is 5.32 Å². The Morgan fingerprint density at radius 3 is 2.29 bits per heavy atom. The summed E-state index contributed by atoms with van der Waals surface area (Å²) in [4.78, 5) is 36.4. The van der Waals surface area contributed by atoms with Crippen molar-refractivity contribution in [3.05, 3.63) is 0 Å². The normalized spacial score (nSPS) is 23.0. The topological polar surface area (TPSA) is 66.5 Å². The van der Waals surface area contributed by atoms with Gasteiger partial charge >= 0.3 is 6.03 Å². The van der Waals surface area contributed by atoms with Gasteiger partial charge in [-0.15, -0.1) is 0 Å². The van der Waals surface area contributed by atoms with Crippen LogP contribution in [0.1, 0.15) is 34.1 Å². The Balaban J connectivity index is 2.86. The van der Waals surface area contributed by atoms with Crippen LogP contribution in [0.25, 0.3) is 0 Å². The second kappa shape index (κ2) is 5.29. The maximum atomic E-state index is 12.1. The lowest BCUT2D eigenvalue weighted by atomic mass is 9.91. The molecule has 0 radical (unpaired) electrons. The minimum atomic E-state index is -0.739. The number of hydrogen-bond donors (Lipinski definition) is 1. The molecule has 0 aromatic rings. The van der Waals surface area contributed by atoms with Crippen LogP contribution in [-0.4, -0.2) is 29.3 Å². The second-order valence-corrected chi connectivity index (χ2v) is 4.98. The summed E-state index contributed by atoms with van der Waals surface area (Å²) >= 11 is 0. The zero-order chi connectivity index (χ0) is 13.2. The number of carbonyl (C=O) groups excluding carboxylic acids is 3. The summed E-state index contributed by atoms with van der Waals surface area (Å²) < 4.78 is 0. The highest BCUT2D eigenvalue weighted by atomic mass is 16.2. The lowest BCUT2D eigenvalue weighted by Crippen LogP contribution is -2.59. The molecule has 96 valence electrons. The van der Waals surface area contributed by atoms with E-state index in [1.165, 1.54) is 4.90 Å². The van der Waals surface area contributed by atoms with E-state index in [2.05, 4.69) is 5.32 Å². The van der Waals surface area contributed by atoms with Crippen molar-refractivity contribution in [2.24, 2.45) is 17.8 Å². The average molecular weight is 240 g/mol. The van der Waals surface area contributed by atoms with Crippen LogP contribution in [0.4, 0.5) is 4.79 Å². The summed E-state index contributed by atoms with van der Waals surface area (Å²) in [5, 5.41) is 2.25. The molecule has 1 aliphatic rings. The van der Waals surface area contributed by atoms with Crippen LogP contribution in [0, 0.1) is 17.8 Å². The molecular formula is C12H20N2O3. The predicted molar refractivity (Wildman–Crippen MR) is 63.0 cm³/mol. The molecule has 2 atom stereocenters. The smallest absolute Gasteiger partial charge is 0.277 e. The van der Waals surface area contributed by atoms with Gasteiger partial charge < -0.3 is 0 Å². The standard InChI is InChI=1S/C12H20N2O3/c1-5-8(4)6-14-11(16)9(7(2)3)10(15)13-12(14)17/h7-9H,5-6H2,1-4H3,(H,13,15,17). The maximum Gasteiger partial charge on any atom is 0.330 e. The third kappa shape index (κ3) is 2.84. The van der Waals surface area contributed by atoms with Gasteiger partial charge in [-0.3, -0.25) is 19.8 Å². The number of barbiturate groups is 1. The van der Waals surface area contributed by atoms with Crippen molar-refractivity contribution < 1.29 is 14.4 Å². The summed E-state index contributed by atoms with van der Waals surface area (Å²) in [6, 6.07) is -0.586. The number of hydrogen-bond acceptors (Lipinski definition) is 3. The van der Waals surface area contributed by atoms with Crippen molar-refractivity contribution in [2.45, 2.75) is 34.1 Å². The van der Waals surface area contributed by atoms with E-state index in [1.807, 2.05) is 13.8 Å². The van der Waals surface area contributed by atoms with Gasteiger partial charge in [-0.2, -0.15) is 0 Å². The maximum absolute atomic E-state index is 12.1. The third-order valence-electron chi connectivity index (χ3n) is 3.15. The fraction of sp³-hybridized carbons (Fsp3) is 0.750. The number of urea groups is 1. The zero-order valence-electron chi connectivity index (χ0n) is 10.8. The number of amides is 4. The number of nitrogens with zero attached hydrogens (tertiary/aromatic N) is 1. The van der Waals surface area contributed by atoms with Gasteiger partial charge in [0.25, 0.3) is 0 Å². The van der Waals surface area contributed by atoms with E-state index in [0.717, 1.165) is 6.42 Å². The first kappa shape index (κ1) is 13.7. The molecule has 0 aromatic heterocycles. The van der Waals surface area contributed by atoms with Gasteiger partial charge in [0, 0.05) is 6.54 Å². The van der Waals surface area contributed by atoms with Crippen LogP contribution in [-0.2, 0) is 9.59 Å². The van der Waals surface area contributed by atoms with Gasteiger partial charge in [-0.25, -0.2) is 4.79 Å². The SMILES string of the molecule is CCC(C)CN1C(=O)NC(=O)C(C(C)C)C1=O. The summed E-state index contributed by atoms with van der Waals surface area (Å²) in [5.41, 5.74) is 0. The molecule has 17 heavy (non-hydrogen) atoms. The molecule has 0 aromatic carbocycles. The van der Waals surface area contributed by atoms with Crippen LogP contribution in [0.3, 0.4) is 0 Å². The molecule has 2 unspecified atom stereocenters. The number of imide groups is 2. The van der Waals surface area contributed by atoms with Gasteiger partial charge in [0.15, 0.2) is 0 Å². The molecule has 0 saturated carbocycles. The zero-order valence-corrected chi connectivity index (χ0v) is 10.8. The van der Waals surface area contributed by atoms with Gasteiger partial charge in [0.1, 0.15) is 5.92 Å². The van der Waals surface area contributed by atoms with E-state index < -0.39 is 17.9 Å². The quantitative estimate of drug-likeness (QED) is 0.755. The molecular weight excluding hydrogens is 220 g/mol. The summed E-state index contributed by atoms with van der Waals surface area (Å²) in [7, 11) is 0. The highest BCUT2D eigenvalue weighted by Crippen LogP contribution is 2.20. The second-order valence-electron chi connectivity index (χ2n) is 4.98. The number of nitrogens with one attached hydrogen (secondary N) is 1.